The van der Waals surface area contributed by atoms with Crippen LogP contribution >= 0.6 is 11.6 Å². The van der Waals surface area contributed by atoms with E-state index in [2.05, 4.69) is 0 Å². The summed E-state index contributed by atoms with van der Waals surface area (Å²) >= 11 is 5.86. The van der Waals surface area contributed by atoms with Crippen molar-refractivity contribution in [2.75, 3.05) is 26.2 Å². The number of carbonyl (C=O) groups is 2. The first-order valence-corrected chi connectivity index (χ1v) is 11.9. The Hall–Kier alpha value is -3.00. The van der Waals surface area contributed by atoms with E-state index in [4.69, 9.17) is 11.6 Å². The monoisotopic (exact) mass is 468 g/mol. The summed E-state index contributed by atoms with van der Waals surface area (Å²) in [7, 11) is -3.67. The Morgan fingerprint density at radius 3 is 1.91 bits per heavy atom. The highest BCUT2D eigenvalue weighted by molar-refractivity contribution is 7.89. The normalized spacial score (nSPS) is 14.8. The average Bonchev–Trinajstić information content (AvgIpc) is 2.84. The van der Waals surface area contributed by atoms with E-state index in [0.29, 0.717) is 21.7 Å². The fourth-order valence-corrected chi connectivity index (χ4v) is 5.22. The van der Waals surface area contributed by atoms with E-state index in [1.807, 2.05) is 6.07 Å². The van der Waals surface area contributed by atoms with Gasteiger partial charge in [0.2, 0.25) is 10.0 Å². The minimum Gasteiger partial charge on any atom is -0.336 e. The van der Waals surface area contributed by atoms with Gasteiger partial charge in [-0.2, -0.15) is 4.31 Å². The molecule has 1 amide bonds. The van der Waals surface area contributed by atoms with Crippen LogP contribution in [0.15, 0.2) is 83.8 Å². The Bertz CT molecular complexity index is 1240. The Kier molecular flexibility index (Phi) is 6.41. The van der Waals surface area contributed by atoms with Gasteiger partial charge in [-0.1, -0.05) is 60.1 Å². The summed E-state index contributed by atoms with van der Waals surface area (Å²) in [4.78, 5) is 27.9. The van der Waals surface area contributed by atoms with Crippen molar-refractivity contribution >= 4 is 33.3 Å². The second kappa shape index (κ2) is 9.24. The number of ketones is 1. The third-order valence-electron chi connectivity index (χ3n) is 5.42. The van der Waals surface area contributed by atoms with E-state index in [9.17, 15) is 18.0 Å². The molecule has 0 aliphatic carbocycles. The van der Waals surface area contributed by atoms with E-state index >= 15 is 0 Å². The molecule has 0 N–H and O–H groups in total. The van der Waals surface area contributed by atoms with Crippen molar-refractivity contribution in [1.29, 1.82) is 0 Å². The Morgan fingerprint density at radius 1 is 0.719 bits per heavy atom. The van der Waals surface area contributed by atoms with Crippen LogP contribution in [0, 0.1) is 0 Å². The predicted molar refractivity (Wildman–Crippen MR) is 122 cm³/mol. The van der Waals surface area contributed by atoms with Crippen LogP contribution in [0.4, 0.5) is 0 Å². The zero-order valence-corrected chi connectivity index (χ0v) is 18.7. The maximum Gasteiger partial charge on any atom is 0.254 e. The van der Waals surface area contributed by atoms with Crippen molar-refractivity contribution in [2.45, 2.75) is 4.90 Å². The van der Waals surface area contributed by atoms with Crippen LogP contribution in [0.25, 0.3) is 0 Å². The summed E-state index contributed by atoms with van der Waals surface area (Å²) in [5.74, 6) is -0.507. The Balaban J connectivity index is 1.50. The number of rotatable bonds is 5. The third-order valence-corrected chi connectivity index (χ3v) is 7.58. The van der Waals surface area contributed by atoms with E-state index in [1.54, 1.807) is 53.4 Å². The van der Waals surface area contributed by atoms with Crippen LogP contribution in [0.1, 0.15) is 26.3 Å². The maximum atomic E-state index is 13.2. The molecule has 1 heterocycles. The van der Waals surface area contributed by atoms with E-state index in [-0.39, 0.29) is 42.8 Å². The summed E-state index contributed by atoms with van der Waals surface area (Å²) in [6.45, 7) is 0.816. The predicted octanol–water partition coefficient (Wildman–Crippen LogP) is 3.72. The van der Waals surface area contributed by atoms with Crippen LogP contribution in [0.2, 0.25) is 5.02 Å². The molecule has 4 rings (SSSR count). The van der Waals surface area contributed by atoms with Crippen molar-refractivity contribution in [1.82, 2.24) is 9.21 Å². The second-order valence-corrected chi connectivity index (χ2v) is 9.77. The van der Waals surface area contributed by atoms with E-state index < -0.39 is 10.0 Å². The number of carbonyl (C=O) groups excluding carboxylic acids is 2. The van der Waals surface area contributed by atoms with Gasteiger partial charge in [0.25, 0.3) is 5.91 Å². The molecule has 0 radical (unpaired) electrons. The van der Waals surface area contributed by atoms with E-state index in [0.717, 1.165) is 0 Å². The zero-order valence-electron chi connectivity index (χ0n) is 17.1. The highest BCUT2D eigenvalue weighted by Crippen LogP contribution is 2.22. The lowest BCUT2D eigenvalue weighted by Crippen LogP contribution is -2.50. The SMILES string of the molecule is O=C(c1ccccc1)c1ccccc1C(=O)N1CCN(S(=O)(=O)c2ccc(Cl)cc2)CC1. The fraction of sp³-hybridized carbons (Fsp3) is 0.167. The number of amides is 1. The topological polar surface area (TPSA) is 74.8 Å². The molecule has 8 heteroatoms. The smallest absolute Gasteiger partial charge is 0.254 e. The summed E-state index contributed by atoms with van der Waals surface area (Å²) < 4.78 is 27.1. The maximum absolute atomic E-state index is 13.2. The van der Waals surface area contributed by atoms with E-state index in [1.165, 1.54) is 28.6 Å². The molecular formula is C24H21ClN2O4S. The second-order valence-electron chi connectivity index (χ2n) is 7.39. The molecule has 0 bridgehead atoms. The summed E-state index contributed by atoms with van der Waals surface area (Å²) in [6, 6.07) is 21.5. The molecule has 3 aromatic rings. The van der Waals surface area contributed by atoms with Gasteiger partial charge in [-0.25, -0.2) is 8.42 Å². The minimum absolute atomic E-state index is 0.167. The van der Waals surface area contributed by atoms with Crippen LogP contribution in [0.5, 0.6) is 0 Å². The van der Waals surface area contributed by atoms with Crippen LogP contribution in [-0.2, 0) is 10.0 Å². The minimum atomic E-state index is -3.67. The van der Waals surface area contributed by atoms with Crippen LogP contribution in [0.3, 0.4) is 0 Å². The van der Waals surface area contributed by atoms with Crippen LogP contribution in [-0.4, -0.2) is 55.5 Å². The molecule has 1 saturated heterocycles. The van der Waals surface area contributed by atoms with Gasteiger partial charge in [-0.3, -0.25) is 9.59 Å². The molecule has 3 aromatic carbocycles. The Labute approximate surface area is 192 Å². The van der Waals surface area contributed by atoms with Crippen molar-refractivity contribution in [2.24, 2.45) is 0 Å². The molecule has 0 unspecified atom stereocenters. The first-order chi connectivity index (χ1) is 15.4. The number of nitrogens with zero attached hydrogens (tertiary/aromatic N) is 2. The average molecular weight is 469 g/mol. The van der Waals surface area contributed by atoms with Crippen molar-refractivity contribution in [3.05, 3.63) is 101 Å². The highest BCUT2D eigenvalue weighted by Gasteiger charge is 2.31. The standard InChI is InChI=1S/C24H21ClN2O4S/c25-19-10-12-20(13-11-19)32(30,31)27-16-14-26(15-17-27)24(29)22-9-5-4-8-21(22)23(28)18-6-2-1-3-7-18/h1-13H,14-17H2. The van der Waals surface area contributed by atoms with Gasteiger partial charge in [-0.05, 0) is 30.3 Å². The van der Waals surface area contributed by atoms with Crippen molar-refractivity contribution in [3.63, 3.8) is 0 Å². The zero-order chi connectivity index (χ0) is 22.7. The van der Waals surface area contributed by atoms with Crippen molar-refractivity contribution < 1.29 is 18.0 Å². The summed E-state index contributed by atoms with van der Waals surface area (Å²) in [5.41, 5.74) is 1.15. The van der Waals surface area contributed by atoms with Gasteiger partial charge < -0.3 is 4.90 Å². The first-order valence-electron chi connectivity index (χ1n) is 10.1. The molecule has 1 aliphatic heterocycles. The molecule has 0 saturated carbocycles. The molecule has 1 aliphatic rings. The highest BCUT2D eigenvalue weighted by atomic mass is 35.5. The molecule has 0 spiro atoms. The molecule has 0 aromatic heterocycles. The largest absolute Gasteiger partial charge is 0.336 e. The summed E-state index contributed by atoms with van der Waals surface area (Å²) in [6.07, 6.45) is 0. The van der Waals surface area contributed by atoms with Crippen molar-refractivity contribution in [3.8, 4) is 0 Å². The number of halogens is 1. The molecule has 164 valence electrons. The van der Waals surface area contributed by atoms with Gasteiger partial charge >= 0.3 is 0 Å². The van der Waals surface area contributed by atoms with Gasteiger partial charge in [0, 0.05) is 42.3 Å². The van der Waals surface area contributed by atoms with Gasteiger partial charge in [0.05, 0.1) is 10.5 Å². The number of piperazine rings is 1. The lowest BCUT2D eigenvalue weighted by atomic mass is 9.97. The molecule has 0 atom stereocenters. The quantitative estimate of drug-likeness (QED) is 0.535. The number of benzene rings is 3. The summed E-state index contributed by atoms with van der Waals surface area (Å²) in [5, 5.41) is 0.461. The lowest BCUT2D eigenvalue weighted by Gasteiger charge is -2.34. The molecule has 1 fully saturated rings. The molecular weight excluding hydrogens is 448 g/mol. The first kappa shape index (κ1) is 22.2. The van der Waals surface area contributed by atoms with Crippen LogP contribution < -0.4 is 0 Å². The molecule has 32 heavy (non-hydrogen) atoms. The number of hydrogen-bond donors (Lipinski definition) is 0. The van der Waals surface area contributed by atoms with Gasteiger partial charge in [0.15, 0.2) is 5.78 Å². The fourth-order valence-electron chi connectivity index (χ4n) is 3.67. The number of sulfonamides is 1. The molecule has 6 nitrogen and oxygen atoms in total. The van der Waals surface area contributed by atoms with Gasteiger partial charge in [0.1, 0.15) is 0 Å². The third kappa shape index (κ3) is 4.46. The van der Waals surface area contributed by atoms with Gasteiger partial charge in [-0.15, -0.1) is 0 Å². The Morgan fingerprint density at radius 2 is 1.28 bits per heavy atom. The number of hydrogen-bond acceptors (Lipinski definition) is 4. The lowest BCUT2D eigenvalue weighted by molar-refractivity contribution is 0.0694.